The fourth-order valence-corrected chi connectivity index (χ4v) is 1.94. The zero-order valence-electron chi connectivity index (χ0n) is 9.64. The molecule has 2 nitrogen and oxygen atoms in total. The lowest BCUT2D eigenvalue weighted by molar-refractivity contribution is 0.0172. The third kappa shape index (κ3) is 2.72. The molecular weight excluding hydrogens is 229 g/mol. The van der Waals surface area contributed by atoms with Gasteiger partial charge in [0.05, 0.1) is 5.69 Å². The number of halogens is 3. The van der Waals surface area contributed by atoms with E-state index < -0.39 is 11.7 Å². The van der Waals surface area contributed by atoms with Gasteiger partial charge in [0, 0.05) is 38.7 Å². The molecule has 1 fully saturated rings. The molecular formula is C12H15F3N2. The first-order chi connectivity index (χ1) is 7.98. The number of nitrogens with zero attached hydrogens (tertiary/aromatic N) is 1. The van der Waals surface area contributed by atoms with E-state index in [4.69, 9.17) is 0 Å². The molecule has 0 atom stereocenters. The molecule has 1 aromatic rings. The molecule has 1 aliphatic rings. The van der Waals surface area contributed by atoms with E-state index in [1.807, 2.05) is 4.90 Å². The van der Waals surface area contributed by atoms with E-state index in [0.29, 0.717) is 18.8 Å². The Hall–Kier alpha value is -1.23. The Kier molecular flexibility index (Phi) is 3.28. The van der Waals surface area contributed by atoms with Gasteiger partial charge in [0.15, 0.2) is 0 Å². The van der Waals surface area contributed by atoms with Gasteiger partial charge in [-0.2, -0.15) is 0 Å². The van der Waals surface area contributed by atoms with Crippen molar-refractivity contribution in [2.75, 3.05) is 31.1 Å². The normalized spacial score (nSPS) is 17.3. The molecule has 94 valence electrons. The maximum atomic E-state index is 13.8. The van der Waals surface area contributed by atoms with Gasteiger partial charge in [-0.25, -0.2) is 13.2 Å². The molecule has 0 saturated carbocycles. The number of hydrogen-bond acceptors (Lipinski definition) is 2. The van der Waals surface area contributed by atoms with Crippen LogP contribution in [0, 0.1) is 5.82 Å². The van der Waals surface area contributed by atoms with E-state index in [0.717, 1.165) is 26.1 Å². The topological polar surface area (TPSA) is 15.3 Å². The van der Waals surface area contributed by atoms with Crippen LogP contribution in [0.1, 0.15) is 12.5 Å². The number of benzene rings is 1. The first-order valence-corrected chi connectivity index (χ1v) is 5.62. The van der Waals surface area contributed by atoms with Crippen molar-refractivity contribution in [3.63, 3.8) is 0 Å². The average Bonchev–Trinajstić information content (AvgIpc) is 2.29. The van der Waals surface area contributed by atoms with Gasteiger partial charge in [0.2, 0.25) is 0 Å². The van der Waals surface area contributed by atoms with E-state index in [9.17, 15) is 13.2 Å². The van der Waals surface area contributed by atoms with Gasteiger partial charge in [-0.15, -0.1) is 0 Å². The maximum Gasteiger partial charge on any atom is 0.270 e. The fraction of sp³-hybridized carbons (Fsp3) is 0.500. The van der Waals surface area contributed by atoms with Crippen molar-refractivity contribution in [2.24, 2.45) is 0 Å². The highest BCUT2D eigenvalue weighted by Gasteiger charge is 2.26. The molecule has 5 heteroatoms. The molecule has 1 N–H and O–H groups in total. The summed E-state index contributed by atoms with van der Waals surface area (Å²) in [5.74, 6) is -3.58. The van der Waals surface area contributed by atoms with Crippen LogP contribution in [0.25, 0.3) is 0 Å². The quantitative estimate of drug-likeness (QED) is 0.859. The Balaban J connectivity index is 2.25. The minimum absolute atomic E-state index is 0.283. The zero-order valence-corrected chi connectivity index (χ0v) is 9.64. The SMILES string of the molecule is CC(F)(F)c1ccc(N2CCNCC2)c(F)c1. The summed E-state index contributed by atoms with van der Waals surface area (Å²) < 4.78 is 39.8. The monoisotopic (exact) mass is 244 g/mol. The van der Waals surface area contributed by atoms with Gasteiger partial charge < -0.3 is 10.2 Å². The molecule has 17 heavy (non-hydrogen) atoms. The second-order valence-electron chi connectivity index (χ2n) is 4.29. The summed E-state index contributed by atoms with van der Waals surface area (Å²) in [6, 6.07) is 3.66. The van der Waals surface area contributed by atoms with Crippen molar-refractivity contribution in [1.29, 1.82) is 0 Å². The van der Waals surface area contributed by atoms with E-state index in [1.54, 1.807) is 0 Å². The first-order valence-electron chi connectivity index (χ1n) is 5.62. The fourth-order valence-electron chi connectivity index (χ4n) is 1.94. The lowest BCUT2D eigenvalue weighted by Crippen LogP contribution is -2.43. The smallest absolute Gasteiger partial charge is 0.270 e. The summed E-state index contributed by atoms with van der Waals surface area (Å²) in [4.78, 5) is 1.86. The number of anilines is 1. The summed E-state index contributed by atoms with van der Waals surface area (Å²) in [6.45, 7) is 3.72. The predicted molar refractivity (Wildman–Crippen MR) is 61.1 cm³/mol. The average molecular weight is 244 g/mol. The molecule has 1 heterocycles. The van der Waals surface area contributed by atoms with Gasteiger partial charge in [-0.05, 0) is 12.1 Å². The van der Waals surface area contributed by atoms with Crippen molar-refractivity contribution in [1.82, 2.24) is 5.32 Å². The Morgan fingerprint density at radius 1 is 1.24 bits per heavy atom. The van der Waals surface area contributed by atoms with Crippen molar-refractivity contribution in [3.05, 3.63) is 29.6 Å². The van der Waals surface area contributed by atoms with E-state index >= 15 is 0 Å². The van der Waals surface area contributed by atoms with E-state index in [-0.39, 0.29) is 5.56 Å². The van der Waals surface area contributed by atoms with Gasteiger partial charge in [0.25, 0.3) is 5.92 Å². The summed E-state index contributed by atoms with van der Waals surface area (Å²) in [5, 5.41) is 3.16. The number of hydrogen-bond donors (Lipinski definition) is 1. The van der Waals surface area contributed by atoms with Gasteiger partial charge in [0.1, 0.15) is 5.82 Å². The van der Waals surface area contributed by atoms with Gasteiger partial charge >= 0.3 is 0 Å². The second kappa shape index (κ2) is 4.56. The molecule has 0 bridgehead atoms. The van der Waals surface area contributed by atoms with Crippen LogP contribution < -0.4 is 10.2 Å². The van der Waals surface area contributed by atoms with E-state index in [2.05, 4.69) is 5.32 Å². The molecule has 2 rings (SSSR count). The summed E-state index contributed by atoms with van der Waals surface area (Å²) in [5.41, 5.74) is 0.119. The van der Waals surface area contributed by atoms with Crippen LogP contribution in [0.2, 0.25) is 0 Å². The number of piperazine rings is 1. The number of nitrogens with one attached hydrogen (secondary N) is 1. The first kappa shape index (κ1) is 12.2. The second-order valence-corrected chi connectivity index (χ2v) is 4.29. The standard InChI is InChI=1S/C12H15F3N2/c1-12(14,15)9-2-3-11(10(13)8-9)17-6-4-16-5-7-17/h2-3,8,16H,4-7H2,1H3. The predicted octanol–water partition coefficient (Wildman–Crippen LogP) is 2.35. The molecule has 1 aromatic carbocycles. The van der Waals surface area contributed by atoms with Crippen LogP contribution in [0.4, 0.5) is 18.9 Å². The molecule has 0 aliphatic carbocycles. The van der Waals surface area contributed by atoms with Crippen molar-refractivity contribution in [2.45, 2.75) is 12.8 Å². The molecule has 1 aliphatic heterocycles. The molecule has 0 unspecified atom stereocenters. The third-order valence-corrected chi connectivity index (χ3v) is 2.91. The lowest BCUT2D eigenvalue weighted by atomic mass is 10.1. The van der Waals surface area contributed by atoms with Crippen molar-refractivity contribution >= 4 is 5.69 Å². The minimum atomic E-state index is -3.00. The van der Waals surface area contributed by atoms with Crippen LogP contribution in [-0.2, 0) is 5.92 Å². The highest BCUT2D eigenvalue weighted by atomic mass is 19.3. The molecule has 0 amide bonds. The molecule has 0 radical (unpaired) electrons. The third-order valence-electron chi connectivity index (χ3n) is 2.91. The van der Waals surface area contributed by atoms with Gasteiger partial charge in [-0.1, -0.05) is 6.07 Å². The van der Waals surface area contributed by atoms with Crippen molar-refractivity contribution in [3.8, 4) is 0 Å². The lowest BCUT2D eigenvalue weighted by Gasteiger charge is -2.30. The molecule has 0 spiro atoms. The zero-order chi connectivity index (χ0) is 12.5. The number of rotatable bonds is 2. The largest absolute Gasteiger partial charge is 0.367 e. The molecule has 0 aromatic heterocycles. The highest BCUT2D eigenvalue weighted by Crippen LogP contribution is 2.30. The van der Waals surface area contributed by atoms with Crippen molar-refractivity contribution < 1.29 is 13.2 Å². The number of alkyl halides is 2. The Morgan fingerprint density at radius 2 is 1.88 bits per heavy atom. The molecule has 1 saturated heterocycles. The summed E-state index contributed by atoms with van der Waals surface area (Å²) in [7, 11) is 0. The Labute approximate surface area is 98.4 Å². The van der Waals surface area contributed by atoms with Crippen LogP contribution in [0.3, 0.4) is 0 Å². The van der Waals surface area contributed by atoms with Crippen LogP contribution in [0.5, 0.6) is 0 Å². The summed E-state index contributed by atoms with van der Waals surface area (Å²) >= 11 is 0. The van der Waals surface area contributed by atoms with Gasteiger partial charge in [-0.3, -0.25) is 0 Å². The van der Waals surface area contributed by atoms with E-state index in [1.165, 1.54) is 12.1 Å². The minimum Gasteiger partial charge on any atom is -0.367 e. The van der Waals surface area contributed by atoms with Crippen LogP contribution in [0.15, 0.2) is 18.2 Å². The van der Waals surface area contributed by atoms with Crippen LogP contribution >= 0.6 is 0 Å². The Morgan fingerprint density at radius 3 is 2.41 bits per heavy atom. The summed E-state index contributed by atoms with van der Waals surface area (Å²) in [6.07, 6.45) is 0. The Bertz CT molecular complexity index is 395. The maximum absolute atomic E-state index is 13.8. The van der Waals surface area contributed by atoms with Crippen LogP contribution in [-0.4, -0.2) is 26.2 Å². The highest BCUT2D eigenvalue weighted by molar-refractivity contribution is 5.50.